The molecule has 0 aromatic rings. The molecule has 2 rings (SSSR count). The molecular formula is C17H34O5Si. The summed E-state index contributed by atoms with van der Waals surface area (Å²) in [5, 5.41) is 20.8. The minimum absolute atomic E-state index is 0.102. The summed E-state index contributed by atoms with van der Waals surface area (Å²) in [5.74, 6) is -0.931. The maximum atomic E-state index is 10.6. The molecule has 136 valence electrons. The van der Waals surface area contributed by atoms with E-state index < -0.39 is 31.9 Å². The van der Waals surface area contributed by atoms with Crippen molar-refractivity contribution in [2.24, 2.45) is 5.92 Å². The molecule has 1 aliphatic carbocycles. The van der Waals surface area contributed by atoms with Crippen LogP contribution in [0, 0.1) is 5.92 Å². The summed E-state index contributed by atoms with van der Waals surface area (Å²) in [4.78, 5) is 0. The van der Waals surface area contributed by atoms with E-state index in [2.05, 4.69) is 33.9 Å². The molecule has 0 amide bonds. The fourth-order valence-corrected chi connectivity index (χ4v) is 4.27. The smallest absolute Gasteiger partial charge is 0.191 e. The lowest BCUT2D eigenvalue weighted by Crippen LogP contribution is -2.58. The number of ether oxygens (including phenoxy) is 2. The first-order chi connectivity index (χ1) is 10.3. The van der Waals surface area contributed by atoms with Crippen molar-refractivity contribution >= 4 is 8.32 Å². The van der Waals surface area contributed by atoms with Crippen molar-refractivity contribution in [3.63, 3.8) is 0 Å². The molecule has 0 aromatic carbocycles. The molecule has 4 atom stereocenters. The minimum Gasteiger partial charge on any atom is -0.416 e. The molecule has 6 heteroatoms. The molecule has 0 bridgehead atoms. The van der Waals surface area contributed by atoms with E-state index in [0.717, 1.165) is 0 Å². The second-order valence-electron chi connectivity index (χ2n) is 9.13. The topological polar surface area (TPSA) is 68.2 Å². The Balaban J connectivity index is 2.17. The summed E-state index contributed by atoms with van der Waals surface area (Å²) in [6, 6.07) is 0. The van der Waals surface area contributed by atoms with Gasteiger partial charge < -0.3 is 24.1 Å². The third-order valence-corrected chi connectivity index (χ3v) is 10.4. The van der Waals surface area contributed by atoms with E-state index in [9.17, 15) is 10.2 Å². The zero-order valence-corrected chi connectivity index (χ0v) is 16.7. The molecule has 2 N–H and O–H groups in total. The van der Waals surface area contributed by atoms with Crippen LogP contribution in [0.5, 0.6) is 0 Å². The van der Waals surface area contributed by atoms with Crippen molar-refractivity contribution in [1.82, 2.24) is 0 Å². The van der Waals surface area contributed by atoms with Gasteiger partial charge in [0.2, 0.25) is 0 Å². The van der Waals surface area contributed by atoms with E-state index in [1.807, 2.05) is 13.8 Å². The zero-order valence-electron chi connectivity index (χ0n) is 15.7. The van der Waals surface area contributed by atoms with Crippen molar-refractivity contribution in [3.8, 4) is 0 Å². The summed E-state index contributed by atoms with van der Waals surface area (Å²) in [6.07, 6.45) is -0.357. The van der Waals surface area contributed by atoms with Crippen LogP contribution in [0.15, 0.2) is 0 Å². The summed E-state index contributed by atoms with van der Waals surface area (Å²) in [6.45, 7) is 15.6. The average molecular weight is 347 g/mol. The fourth-order valence-electron chi connectivity index (χ4n) is 3.24. The Hall–Kier alpha value is 0.0169. The van der Waals surface area contributed by atoms with E-state index >= 15 is 0 Å². The molecule has 1 aliphatic heterocycles. The summed E-state index contributed by atoms with van der Waals surface area (Å²) >= 11 is 0. The molecule has 1 saturated heterocycles. The van der Waals surface area contributed by atoms with Gasteiger partial charge in [0, 0.05) is 12.5 Å². The second kappa shape index (κ2) is 6.07. The highest BCUT2D eigenvalue weighted by Gasteiger charge is 2.56. The summed E-state index contributed by atoms with van der Waals surface area (Å²) in [5.41, 5.74) is -0.565. The van der Waals surface area contributed by atoms with Gasteiger partial charge in [0.15, 0.2) is 14.1 Å². The molecule has 0 aromatic heterocycles. The molecule has 2 fully saturated rings. The van der Waals surface area contributed by atoms with Gasteiger partial charge in [-0.3, -0.25) is 0 Å². The largest absolute Gasteiger partial charge is 0.416 e. The Labute approximate surface area is 141 Å². The summed E-state index contributed by atoms with van der Waals surface area (Å²) < 4.78 is 18.3. The highest BCUT2D eigenvalue weighted by Crippen LogP contribution is 2.46. The molecule has 2 aliphatic rings. The van der Waals surface area contributed by atoms with Gasteiger partial charge in [0.05, 0.1) is 18.8 Å². The molecule has 5 nitrogen and oxygen atoms in total. The Morgan fingerprint density at radius 3 is 2.30 bits per heavy atom. The van der Waals surface area contributed by atoms with E-state index in [-0.39, 0.29) is 11.0 Å². The van der Waals surface area contributed by atoms with Crippen LogP contribution in [0.2, 0.25) is 18.1 Å². The van der Waals surface area contributed by atoms with E-state index in [4.69, 9.17) is 13.9 Å². The lowest BCUT2D eigenvalue weighted by Gasteiger charge is -2.47. The van der Waals surface area contributed by atoms with Gasteiger partial charge in [-0.05, 0) is 44.8 Å². The van der Waals surface area contributed by atoms with Gasteiger partial charge in [0.25, 0.3) is 0 Å². The van der Waals surface area contributed by atoms with Crippen LogP contribution in [-0.2, 0) is 13.9 Å². The molecule has 1 saturated carbocycles. The Bertz CT molecular complexity index is 431. The standard InChI is InChI=1S/C17H34O5Si/c1-15(2,3)23(6,7)21-10-12-14(19)13(18)8-9-17(12)11-20-16(4,5)22-17/h12-14,18-19H,8-11H2,1-7H3/t12-,13+,14-,17-/m0/s1. The number of rotatable bonds is 3. The quantitative estimate of drug-likeness (QED) is 0.769. The average Bonchev–Trinajstić information content (AvgIpc) is 2.69. The van der Waals surface area contributed by atoms with Crippen molar-refractivity contribution in [2.75, 3.05) is 13.2 Å². The van der Waals surface area contributed by atoms with Gasteiger partial charge in [-0.25, -0.2) is 0 Å². The highest BCUT2D eigenvalue weighted by atomic mass is 28.4. The van der Waals surface area contributed by atoms with Gasteiger partial charge in [-0.1, -0.05) is 20.8 Å². The van der Waals surface area contributed by atoms with Crippen molar-refractivity contribution in [1.29, 1.82) is 0 Å². The van der Waals surface area contributed by atoms with Crippen LogP contribution in [0.4, 0.5) is 0 Å². The van der Waals surface area contributed by atoms with Crippen LogP contribution in [0.3, 0.4) is 0 Å². The predicted octanol–water partition coefficient (Wildman–Crippen LogP) is 2.66. The molecule has 1 spiro atoms. The Morgan fingerprint density at radius 2 is 1.83 bits per heavy atom. The van der Waals surface area contributed by atoms with Crippen molar-refractivity contribution in [3.05, 3.63) is 0 Å². The van der Waals surface area contributed by atoms with Crippen LogP contribution >= 0.6 is 0 Å². The number of aliphatic hydroxyl groups excluding tert-OH is 2. The summed E-state index contributed by atoms with van der Waals surface area (Å²) in [7, 11) is -1.93. The first-order valence-corrected chi connectivity index (χ1v) is 11.5. The maximum absolute atomic E-state index is 10.6. The first kappa shape index (κ1) is 19.3. The lowest BCUT2D eigenvalue weighted by molar-refractivity contribution is -0.211. The number of aliphatic hydroxyl groups is 2. The third-order valence-electron chi connectivity index (χ3n) is 5.89. The minimum atomic E-state index is -1.93. The lowest BCUT2D eigenvalue weighted by atomic mass is 9.73. The Morgan fingerprint density at radius 1 is 1.22 bits per heavy atom. The van der Waals surface area contributed by atoms with Crippen molar-refractivity contribution in [2.45, 2.75) is 89.2 Å². The fraction of sp³-hybridized carbons (Fsp3) is 1.00. The first-order valence-electron chi connectivity index (χ1n) is 8.64. The SMILES string of the molecule is CC1(C)OC[C@]2(CC[C@@H](O)[C@@H](O)[C@@H]2CO[Si](C)(C)C(C)(C)C)O1. The predicted molar refractivity (Wildman–Crippen MR) is 91.7 cm³/mol. The van der Waals surface area contributed by atoms with Crippen LogP contribution in [0.1, 0.15) is 47.5 Å². The van der Waals surface area contributed by atoms with Gasteiger partial charge in [-0.2, -0.15) is 0 Å². The zero-order chi connectivity index (χ0) is 17.7. The molecule has 0 radical (unpaired) electrons. The third kappa shape index (κ3) is 3.83. The van der Waals surface area contributed by atoms with Crippen LogP contribution in [-0.4, -0.2) is 55.3 Å². The second-order valence-corrected chi connectivity index (χ2v) is 13.9. The number of hydrogen-bond acceptors (Lipinski definition) is 5. The highest BCUT2D eigenvalue weighted by molar-refractivity contribution is 6.74. The monoisotopic (exact) mass is 346 g/mol. The van der Waals surface area contributed by atoms with E-state index in [1.165, 1.54) is 0 Å². The van der Waals surface area contributed by atoms with Gasteiger partial charge in [0.1, 0.15) is 5.60 Å². The molecule has 0 unspecified atom stereocenters. The number of hydrogen-bond donors (Lipinski definition) is 2. The van der Waals surface area contributed by atoms with E-state index in [1.54, 1.807) is 0 Å². The normalized spacial score (nSPS) is 38.2. The molecular weight excluding hydrogens is 312 g/mol. The Kier molecular flexibility index (Phi) is 5.11. The maximum Gasteiger partial charge on any atom is 0.191 e. The van der Waals surface area contributed by atoms with Crippen LogP contribution < -0.4 is 0 Å². The van der Waals surface area contributed by atoms with Gasteiger partial charge in [-0.15, -0.1) is 0 Å². The molecule has 1 heterocycles. The van der Waals surface area contributed by atoms with Crippen molar-refractivity contribution < 1.29 is 24.1 Å². The van der Waals surface area contributed by atoms with Crippen LogP contribution in [0.25, 0.3) is 0 Å². The molecule has 23 heavy (non-hydrogen) atoms. The van der Waals surface area contributed by atoms with E-state index in [0.29, 0.717) is 26.1 Å². The van der Waals surface area contributed by atoms with Gasteiger partial charge >= 0.3 is 0 Å².